The highest BCUT2D eigenvalue weighted by Crippen LogP contribution is 2.36. The quantitative estimate of drug-likeness (QED) is 0.0590. The van der Waals surface area contributed by atoms with Crippen LogP contribution in [0.4, 0.5) is 0 Å². The van der Waals surface area contributed by atoms with E-state index < -0.39 is 61.4 Å². The van der Waals surface area contributed by atoms with Crippen molar-refractivity contribution in [1.82, 2.24) is 0 Å². The van der Waals surface area contributed by atoms with Crippen LogP contribution >= 0.6 is 0 Å². The van der Waals surface area contributed by atoms with Crippen LogP contribution in [-0.2, 0) is 87.0 Å². The van der Waals surface area contributed by atoms with Crippen LogP contribution < -0.4 is 0 Å². The summed E-state index contributed by atoms with van der Waals surface area (Å²) in [5.41, 5.74) is 5.67. The van der Waals surface area contributed by atoms with E-state index in [1.54, 1.807) is 0 Å². The molecule has 2 saturated heterocycles. The van der Waals surface area contributed by atoms with E-state index in [4.69, 9.17) is 53.8 Å². The Morgan fingerprint density at radius 1 is 0.382 bits per heavy atom. The first-order valence-corrected chi connectivity index (χ1v) is 23.2. The summed E-state index contributed by atoms with van der Waals surface area (Å²) in [7, 11) is 0. The fourth-order valence-electron chi connectivity index (χ4n) is 8.35. The minimum atomic E-state index is -1.41. The van der Waals surface area contributed by atoms with Gasteiger partial charge in [-0.1, -0.05) is 188 Å². The van der Waals surface area contributed by atoms with E-state index in [1.165, 1.54) is 0 Å². The number of hydrogen-bond acceptors (Lipinski definition) is 11. The van der Waals surface area contributed by atoms with Crippen molar-refractivity contribution in [3.63, 3.8) is 0 Å². The van der Waals surface area contributed by atoms with Gasteiger partial charge in [0.15, 0.2) is 12.6 Å². The molecule has 2 aliphatic heterocycles. The molecule has 68 heavy (non-hydrogen) atoms. The van der Waals surface area contributed by atoms with Crippen LogP contribution in [0.5, 0.6) is 0 Å². The number of terminal acetylenes is 1. The first-order chi connectivity index (χ1) is 33.6. The van der Waals surface area contributed by atoms with Gasteiger partial charge in [-0.3, -0.25) is 0 Å². The third-order valence-electron chi connectivity index (χ3n) is 11.8. The van der Waals surface area contributed by atoms with Crippen LogP contribution in [0.1, 0.15) is 33.4 Å². The van der Waals surface area contributed by atoms with E-state index in [-0.39, 0.29) is 46.2 Å². The number of benzene rings is 6. The normalized spacial score (nSPS) is 24.8. The van der Waals surface area contributed by atoms with Crippen molar-refractivity contribution < 1.29 is 52.5 Å². The minimum absolute atomic E-state index is 0.0175. The lowest BCUT2D eigenvalue weighted by Gasteiger charge is -2.49. The highest BCUT2D eigenvalue weighted by molar-refractivity contribution is 5.18. The van der Waals surface area contributed by atoms with Crippen LogP contribution in [0.25, 0.3) is 0 Å². The molecule has 2 fully saturated rings. The van der Waals surface area contributed by atoms with Gasteiger partial charge in [0.1, 0.15) is 55.4 Å². The Morgan fingerprint density at radius 3 is 1.12 bits per heavy atom. The number of aliphatic hydroxyl groups is 1. The topological polar surface area (TPSA) is 113 Å². The Morgan fingerprint density at radius 2 is 0.721 bits per heavy atom. The van der Waals surface area contributed by atoms with E-state index in [9.17, 15) is 5.11 Å². The summed E-state index contributed by atoms with van der Waals surface area (Å²) in [6.45, 7) is 1.50. The molecule has 0 spiro atoms. The maximum absolute atomic E-state index is 11.9. The molecule has 0 aliphatic carbocycles. The van der Waals surface area contributed by atoms with Gasteiger partial charge in [0.25, 0.3) is 0 Å². The van der Waals surface area contributed by atoms with Crippen molar-refractivity contribution >= 4 is 0 Å². The van der Waals surface area contributed by atoms with E-state index in [0.717, 1.165) is 33.4 Å². The molecule has 0 bridgehead atoms. The molecule has 0 aromatic heterocycles. The summed E-state index contributed by atoms with van der Waals surface area (Å²) in [6.07, 6.45) is -3.71. The summed E-state index contributed by atoms with van der Waals surface area (Å²) in [5, 5.41) is 11.9. The van der Waals surface area contributed by atoms with Crippen LogP contribution in [0, 0.1) is 12.3 Å². The number of hydrogen-bond donors (Lipinski definition) is 1. The molecule has 8 rings (SSSR count). The molecule has 2 aliphatic rings. The number of rotatable bonds is 24. The van der Waals surface area contributed by atoms with E-state index in [2.05, 4.69) is 5.92 Å². The minimum Gasteiger partial charge on any atom is -0.374 e. The first kappa shape index (κ1) is 48.9. The molecule has 0 saturated carbocycles. The smallest absolute Gasteiger partial charge is 0.187 e. The highest BCUT2D eigenvalue weighted by Gasteiger charge is 2.54. The Kier molecular flexibility index (Phi) is 18.9. The number of aliphatic hydroxyl groups excluding tert-OH is 1. The Bertz CT molecular complexity index is 2340. The van der Waals surface area contributed by atoms with Crippen molar-refractivity contribution in [3.8, 4) is 12.3 Å². The lowest BCUT2D eigenvalue weighted by Crippen LogP contribution is -2.66. The zero-order valence-corrected chi connectivity index (χ0v) is 38.1. The molecule has 0 amide bonds. The molecule has 11 heteroatoms. The summed E-state index contributed by atoms with van der Waals surface area (Å²) < 4.78 is 67.3. The second-order valence-corrected chi connectivity index (χ2v) is 16.7. The van der Waals surface area contributed by atoms with Gasteiger partial charge >= 0.3 is 0 Å². The zero-order chi connectivity index (χ0) is 46.6. The average molecular weight is 921 g/mol. The predicted octanol–water partition coefficient (Wildman–Crippen LogP) is 8.61. The summed E-state index contributed by atoms with van der Waals surface area (Å²) >= 11 is 0. The van der Waals surface area contributed by atoms with Gasteiger partial charge in [0.2, 0.25) is 0 Å². The maximum atomic E-state index is 11.9. The van der Waals surface area contributed by atoms with Crippen molar-refractivity contribution in [1.29, 1.82) is 0 Å². The molecule has 1 unspecified atom stereocenters. The first-order valence-electron chi connectivity index (χ1n) is 23.2. The van der Waals surface area contributed by atoms with Gasteiger partial charge in [-0.2, -0.15) is 0 Å². The van der Waals surface area contributed by atoms with Gasteiger partial charge < -0.3 is 52.5 Å². The third-order valence-corrected chi connectivity index (χ3v) is 11.8. The van der Waals surface area contributed by atoms with Gasteiger partial charge in [-0.15, -0.1) is 6.42 Å². The van der Waals surface area contributed by atoms with E-state index >= 15 is 0 Å². The van der Waals surface area contributed by atoms with Crippen LogP contribution in [-0.4, -0.2) is 86.3 Å². The van der Waals surface area contributed by atoms with Crippen LogP contribution in [0.2, 0.25) is 0 Å². The predicted molar refractivity (Wildman–Crippen MR) is 255 cm³/mol. The Labute approximate surface area is 399 Å². The zero-order valence-electron chi connectivity index (χ0n) is 38.1. The number of ether oxygens (including phenoxy) is 10. The van der Waals surface area contributed by atoms with Crippen LogP contribution in [0.15, 0.2) is 182 Å². The molecule has 1 N–H and O–H groups in total. The SMILES string of the molecule is C#CCO[C@H]1[C@H](OCc2ccccc2)[C@H](OCc2ccccc2)[C@@H](O[C@H]2[C@H](OCc3ccccc3)[C@H](OCc3ccccc3)C(O)O[C@@H]2COCc2ccccc2)O[C@@H]1COCc1ccccc1. The molecule has 11 nitrogen and oxygen atoms in total. The van der Waals surface area contributed by atoms with Crippen LogP contribution in [0.3, 0.4) is 0 Å². The molecule has 6 aromatic carbocycles. The molecule has 2 heterocycles. The monoisotopic (exact) mass is 920 g/mol. The summed E-state index contributed by atoms with van der Waals surface area (Å²) in [5.74, 6) is 2.63. The molecular formula is C57H60O11. The van der Waals surface area contributed by atoms with Crippen molar-refractivity contribution in [3.05, 3.63) is 215 Å². The largest absolute Gasteiger partial charge is 0.374 e. The molecule has 354 valence electrons. The lowest BCUT2D eigenvalue weighted by molar-refractivity contribution is -0.373. The third kappa shape index (κ3) is 14.2. The lowest BCUT2D eigenvalue weighted by atomic mass is 9.95. The van der Waals surface area contributed by atoms with Crippen molar-refractivity contribution in [2.24, 2.45) is 0 Å². The fraction of sp³-hybridized carbons (Fsp3) is 0.333. The fourth-order valence-corrected chi connectivity index (χ4v) is 8.35. The highest BCUT2D eigenvalue weighted by atomic mass is 16.8. The Hall–Kier alpha value is -5.56. The van der Waals surface area contributed by atoms with E-state index in [1.807, 2.05) is 182 Å². The van der Waals surface area contributed by atoms with Gasteiger partial charge in [0, 0.05) is 0 Å². The molecule has 0 radical (unpaired) electrons. The van der Waals surface area contributed by atoms with E-state index in [0.29, 0.717) is 13.2 Å². The summed E-state index contributed by atoms with van der Waals surface area (Å²) in [6, 6.07) is 59.1. The maximum Gasteiger partial charge on any atom is 0.187 e. The van der Waals surface area contributed by atoms with Crippen molar-refractivity contribution in [2.75, 3.05) is 19.8 Å². The van der Waals surface area contributed by atoms with Gasteiger partial charge in [-0.05, 0) is 33.4 Å². The second kappa shape index (κ2) is 26.3. The molecule has 6 aromatic rings. The standard InChI is InChI=1S/C57H60O11/c1-2-33-61-50-48(40-59-34-42-21-9-3-10-22-42)67-57(55(65-39-47-31-19-8-20-32-47)52(50)62-36-44-25-13-5-14-26-44)68-51-49(41-60-35-43-23-11-4-12-24-43)66-56(58)54(64-38-46-29-17-7-18-30-46)53(51)63-37-45-27-15-6-16-28-45/h1,3-32,48-58H,33-41H2/t48-,49-,50-,51-,52+,53+,54+,55+,56?,57-/m1/s1. The van der Waals surface area contributed by atoms with Gasteiger partial charge in [0.05, 0.1) is 52.9 Å². The second-order valence-electron chi connectivity index (χ2n) is 16.7. The van der Waals surface area contributed by atoms with Crippen molar-refractivity contribution in [2.45, 2.75) is 101 Å². The average Bonchev–Trinajstić information content (AvgIpc) is 3.39. The summed E-state index contributed by atoms with van der Waals surface area (Å²) in [4.78, 5) is 0. The molecular weight excluding hydrogens is 861 g/mol. The van der Waals surface area contributed by atoms with Gasteiger partial charge in [-0.25, -0.2) is 0 Å². The molecule has 10 atom stereocenters. The Balaban J connectivity index is 1.17.